The van der Waals surface area contributed by atoms with Gasteiger partial charge in [-0.15, -0.1) is 0 Å². The first-order valence-corrected chi connectivity index (χ1v) is 5.16. The van der Waals surface area contributed by atoms with Crippen LogP contribution in [0, 0.1) is 0 Å². The minimum atomic E-state index is -4.42. The molecule has 1 amide bonds. The highest BCUT2D eigenvalue weighted by molar-refractivity contribution is 5.74. The van der Waals surface area contributed by atoms with Crippen LogP contribution in [0.25, 0.3) is 0 Å². The van der Waals surface area contributed by atoms with Crippen molar-refractivity contribution in [2.75, 3.05) is 13.1 Å². The first-order valence-electron chi connectivity index (χ1n) is 5.16. The highest BCUT2D eigenvalue weighted by Crippen LogP contribution is 2.32. The Balaban J connectivity index is 2.11. The third kappa shape index (κ3) is 2.40. The highest BCUT2D eigenvalue weighted by Gasteiger charge is 2.35. The predicted molar refractivity (Wildman–Crippen MR) is 54.2 cm³/mol. The van der Waals surface area contributed by atoms with Gasteiger partial charge in [0.05, 0.1) is 0 Å². The van der Waals surface area contributed by atoms with Crippen LogP contribution in [0.4, 0.5) is 13.2 Å². The summed E-state index contributed by atoms with van der Waals surface area (Å²) >= 11 is 0. The number of amides is 1. The Morgan fingerprint density at radius 1 is 1.47 bits per heavy atom. The van der Waals surface area contributed by atoms with Gasteiger partial charge in [-0.2, -0.15) is 13.2 Å². The van der Waals surface area contributed by atoms with Crippen LogP contribution < -0.4 is 0 Å². The lowest BCUT2D eigenvalue weighted by molar-refractivity contribution is -0.141. The number of alkyl halides is 3. The molecule has 2 rings (SSSR count). The van der Waals surface area contributed by atoms with E-state index >= 15 is 0 Å². The number of halogens is 3. The van der Waals surface area contributed by atoms with Gasteiger partial charge < -0.3 is 4.90 Å². The summed E-state index contributed by atoms with van der Waals surface area (Å²) in [7, 11) is 0. The molecule has 0 spiro atoms. The molecule has 2 heterocycles. The Morgan fingerprint density at radius 3 is 2.65 bits per heavy atom. The van der Waals surface area contributed by atoms with Crippen LogP contribution in [-0.2, 0) is 11.0 Å². The second-order valence-corrected chi connectivity index (χ2v) is 4.09. The summed E-state index contributed by atoms with van der Waals surface area (Å²) in [5.41, 5.74) is -0.291. The van der Waals surface area contributed by atoms with Crippen LogP contribution in [0.2, 0.25) is 0 Å². The lowest BCUT2D eigenvalue weighted by Crippen LogP contribution is -2.47. The molecule has 1 aliphatic rings. The maximum Gasteiger partial charge on any atom is 0.433 e. The van der Waals surface area contributed by atoms with Gasteiger partial charge in [0.1, 0.15) is 5.69 Å². The van der Waals surface area contributed by atoms with Gasteiger partial charge in [-0.3, -0.25) is 9.78 Å². The van der Waals surface area contributed by atoms with Crippen molar-refractivity contribution >= 4 is 5.91 Å². The van der Waals surface area contributed by atoms with E-state index in [-0.39, 0.29) is 11.8 Å². The number of pyridine rings is 1. The van der Waals surface area contributed by atoms with Crippen LogP contribution in [0.15, 0.2) is 18.3 Å². The Morgan fingerprint density at radius 2 is 2.12 bits per heavy atom. The van der Waals surface area contributed by atoms with Crippen molar-refractivity contribution in [2.45, 2.75) is 19.0 Å². The Hall–Kier alpha value is -1.59. The smallest absolute Gasteiger partial charge is 0.342 e. The normalized spacial score (nSPS) is 16.8. The van der Waals surface area contributed by atoms with Gasteiger partial charge in [0.15, 0.2) is 0 Å². The average Bonchev–Trinajstić information content (AvgIpc) is 2.13. The van der Waals surface area contributed by atoms with Crippen molar-refractivity contribution in [3.8, 4) is 0 Å². The van der Waals surface area contributed by atoms with Gasteiger partial charge in [0.25, 0.3) is 0 Å². The molecular weight excluding hydrogens is 233 g/mol. The Kier molecular flexibility index (Phi) is 2.81. The van der Waals surface area contributed by atoms with E-state index in [1.54, 1.807) is 11.0 Å². The average molecular weight is 244 g/mol. The largest absolute Gasteiger partial charge is 0.433 e. The van der Waals surface area contributed by atoms with Gasteiger partial charge in [-0.05, 0) is 17.7 Å². The fourth-order valence-electron chi connectivity index (χ4n) is 1.80. The van der Waals surface area contributed by atoms with Gasteiger partial charge >= 0.3 is 6.18 Å². The zero-order valence-corrected chi connectivity index (χ0v) is 9.16. The summed E-state index contributed by atoms with van der Waals surface area (Å²) in [6.07, 6.45) is -3.26. The zero-order chi connectivity index (χ0) is 12.6. The molecule has 0 aromatic carbocycles. The minimum Gasteiger partial charge on any atom is -0.342 e. The Bertz CT molecular complexity index is 439. The lowest BCUT2D eigenvalue weighted by Gasteiger charge is -2.39. The number of carbonyl (C=O) groups excluding carboxylic acids is 1. The molecule has 0 saturated carbocycles. The minimum absolute atomic E-state index is 0.0111. The summed E-state index contributed by atoms with van der Waals surface area (Å²) < 4.78 is 37.3. The quantitative estimate of drug-likeness (QED) is 0.757. The second kappa shape index (κ2) is 4.01. The molecule has 17 heavy (non-hydrogen) atoms. The Labute approximate surface area is 96.3 Å². The summed E-state index contributed by atoms with van der Waals surface area (Å²) in [5.74, 6) is -0.0608. The molecule has 1 aromatic heterocycles. The summed E-state index contributed by atoms with van der Waals surface area (Å²) in [5, 5.41) is 0. The van der Waals surface area contributed by atoms with Crippen molar-refractivity contribution in [1.29, 1.82) is 0 Å². The number of carbonyl (C=O) groups is 1. The van der Waals surface area contributed by atoms with E-state index in [1.165, 1.54) is 6.92 Å². The molecule has 6 heteroatoms. The van der Waals surface area contributed by atoms with Crippen molar-refractivity contribution in [2.24, 2.45) is 0 Å². The number of rotatable bonds is 1. The van der Waals surface area contributed by atoms with Crippen LogP contribution in [0.1, 0.15) is 24.1 Å². The topological polar surface area (TPSA) is 33.2 Å². The molecule has 0 atom stereocenters. The van der Waals surface area contributed by atoms with Crippen LogP contribution >= 0.6 is 0 Å². The van der Waals surface area contributed by atoms with Gasteiger partial charge in [0, 0.05) is 32.1 Å². The van der Waals surface area contributed by atoms with E-state index < -0.39 is 11.9 Å². The molecule has 1 fully saturated rings. The zero-order valence-electron chi connectivity index (χ0n) is 9.16. The molecule has 1 saturated heterocycles. The first-order chi connectivity index (χ1) is 7.88. The van der Waals surface area contributed by atoms with Crippen molar-refractivity contribution in [1.82, 2.24) is 9.88 Å². The SMILES string of the molecule is CC(=O)N1CC(c2ccnc(C(F)(F)F)c2)C1. The number of aromatic nitrogens is 1. The predicted octanol–water partition coefficient (Wildman–Crippen LogP) is 2.05. The second-order valence-electron chi connectivity index (χ2n) is 4.09. The fraction of sp³-hybridized carbons (Fsp3) is 0.455. The van der Waals surface area contributed by atoms with Gasteiger partial charge in [0.2, 0.25) is 5.91 Å². The van der Waals surface area contributed by atoms with Crippen LogP contribution in [-0.4, -0.2) is 28.9 Å². The fourth-order valence-corrected chi connectivity index (χ4v) is 1.80. The maximum absolute atomic E-state index is 12.4. The summed E-state index contributed by atoms with van der Waals surface area (Å²) in [4.78, 5) is 15.9. The monoisotopic (exact) mass is 244 g/mol. The van der Waals surface area contributed by atoms with E-state index in [2.05, 4.69) is 4.98 Å². The number of hydrogen-bond acceptors (Lipinski definition) is 2. The van der Waals surface area contributed by atoms with Crippen molar-refractivity contribution < 1.29 is 18.0 Å². The molecule has 0 aliphatic carbocycles. The molecular formula is C11H11F3N2O. The summed E-state index contributed by atoms with van der Waals surface area (Å²) in [6, 6.07) is 2.62. The molecule has 0 N–H and O–H groups in total. The third-order valence-corrected chi connectivity index (χ3v) is 2.87. The van der Waals surface area contributed by atoms with Gasteiger partial charge in [-0.25, -0.2) is 0 Å². The molecule has 0 unspecified atom stereocenters. The van der Waals surface area contributed by atoms with E-state index in [0.29, 0.717) is 18.7 Å². The molecule has 3 nitrogen and oxygen atoms in total. The number of nitrogens with zero attached hydrogens (tertiary/aromatic N) is 2. The van der Waals surface area contributed by atoms with E-state index in [4.69, 9.17) is 0 Å². The van der Waals surface area contributed by atoms with E-state index in [9.17, 15) is 18.0 Å². The van der Waals surface area contributed by atoms with Gasteiger partial charge in [-0.1, -0.05) is 0 Å². The molecule has 92 valence electrons. The maximum atomic E-state index is 12.4. The first kappa shape index (κ1) is 11.9. The molecule has 1 aliphatic heterocycles. The number of hydrogen-bond donors (Lipinski definition) is 0. The standard InChI is InChI=1S/C11H11F3N2O/c1-7(17)16-5-9(6-16)8-2-3-15-10(4-8)11(12,13)14/h2-4,9H,5-6H2,1H3. The molecule has 0 radical (unpaired) electrons. The highest BCUT2D eigenvalue weighted by atomic mass is 19.4. The third-order valence-electron chi connectivity index (χ3n) is 2.87. The van der Waals surface area contributed by atoms with Crippen LogP contribution in [0.5, 0.6) is 0 Å². The van der Waals surface area contributed by atoms with Crippen molar-refractivity contribution in [3.05, 3.63) is 29.6 Å². The molecule has 1 aromatic rings. The summed E-state index contributed by atoms with van der Waals surface area (Å²) in [6.45, 7) is 2.41. The van der Waals surface area contributed by atoms with Crippen LogP contribution in [0.3, 0.4) is 0 Å². The molecule has 0 bridgehead atoms. The van der Waals surface area contributed by atoms with E-state index in [0.717, 1.165) is 12.3 Å². The number of likely N-dealkylation sites (tertiary alicyclic amines) is 1. The van der Waals surface area contributed by atoms with Crippen molar-refractivity contribution in [3.63, 3.8) is 0 Å². The lowest BCUT2D eigenvalue weighted by atomic mass is 9.91. The van der Waals surface area contributed by atoms with E-state index in [1.807, 2.05) is 0 Å².